The molecule has 0 spiro atoms. The topological polar surface area (TPSA) is 46.6 Å². The highest BCUT2D eigenvalue weighted by Gasteiger charge is 2.53. The molecule has 1 saturated heterocycles. The molecule has 1 unspecified atom stereocenters. The molecule has 0 aliphatic carbocycles. The predicted molar refractivity (Wildman–Crippen MR) is 106 cm³/mol. The number of β-lactam (4-membered cyclic amide) rings is 1. The molecule has 3 atom stereocenters. The number of carbonyl (C=O) groups is 2. The van der Waals surface area contributed by atoms with E-state index in [2.05, 4.69) is 0 Å². The first-order chi connectivity index (χ1) is 13.7. The van der Waals surface area contributed by atoms with Crippen molar-refractivity contribution in [2.24, 2.45) is 0 Å². The quantitative estimate of drug-likeness (QED) is 0.497. The molecule has 28 heavy (non-hydrogen) atoms. The number of benzene rings is 3. The maximum atomic E-state index is 13.3. The number of hydrogen-bond acceptors (Lipinski definition) is 3. The zero-order valence-corrected chi connectivity index (χ0v) is 15.6. The lowest BCUT2D eigenvalue weighted by Gasteiger charge is -2.50. The first kappa shape index (κ1) is 18.0. The van der Waals surface area contributed by atoms with Crippen molar-refractivity contribution in [2.75, 3.05) is 7.11 Å². The van der Waals surface area contributed by atoms with Crippen LogP contribution in [0.3, 0.4) is 0 Å². The average Bonchev–Trinajstić information content (AvgIpc) is 2.76. The monoisotopic (exact) mass is 371 g/mol. The molecular weight excluding hydrogens is 350 g/mol. The van der Waals surface area contributed by atoms with E-state index in [-0.39, 0.29) is 17.9 Å². The Kier molecular flexibility index (Phi) is 4.94. The number of carbonyl (C=O) groups excluding carboxylic acids is 2. The maximum Gasteiger partial charge on any atom is 0.333 e. The molecule has 0 aromatic heterocycles. The summed E-state index contributed by atoms with van der Waals surface area (Å²) in [5, 5.41) is 0. The fraction of sp³-hybridized carbons (Fsp3) is 0.167. The fourth-order valence-electron chi connectivity index (χ4n) is 3.94. The van der Waals surface area contributed by atoms with Crippen molar-refractivity contribution in [3.05, 3.63) is 108 Å². The van der Waals surface area contributed by atoms with Gasteiger partial charge in [0.05, 0.1) is 19.1 Å². The second kappa shape index (κ2) is 7.69. The highest BCUT2D eigenvalue weighted by atomic mass is 16.5. The van der Waals surface area contributed by atoms with Crippen LogP contribution >= 0.6 is 0 Å². The van der Waals surface area contributed by atoms with Gasteiger partial charge in [0.1, 0.15) is 0 Å². The molecule has 1 heterocycles. The van der Waals surface area contributed by atoms with Gasteiger partial charge in [0.25, 0.3) is 0 Å². The standard InChI is InChI=1S/C24H21NO3/c1-28-24(27)22(19-15-9-4-10-16-19)25-21(18-13-7-3-8-14-18)20(23(25)26)17-11-5-2-6-12-17/h2-16,20-22H,1H3/t20-,21-,22?/m1/s1. The van der Waals surface area contributed by atoms with Crippen LogP contribution in [0.4, 0.5) is 0 Å². The first-order valence-electron chi connectivity index (χ1n) is 9.27. The van der Waals surface area contributed by atoms with Crippen molar-refractivity contribution < 1.29 is 14.3 Å². The minimum Gasteiger partial charge on any atom is -0.467 e. The van der Waals surface area contributed by atoms with Crippen LogP contribution in [0, 0.1) is 0 Å². The normalized spacial score (nSPS) is 19.6. The van der Waals surface area contributed by atoms with Crippen LogP contribution in [0.15, 0.2) is 91.0 Å². The third kappa shape index (κ3) is 3.07. The van der Waals surface area contributed by atoms with E-state index in [9.17, 15) is 9.59 Å². The minimum absolute atomic E-state index is 0.0701. The van der Waals surface area contributed by atoms with Gasteiger partial charge in [-0.3, -0.25) is 4.79 Å². The van der Waals surface area contributed by atoms with Crippen LogP contribution in [-0.4, -0.2) is 23.9 Å². The minimum atomic E-state index is -0.774. The molecule has 4 rings (SSSR count). The van der Waals surface area contributed by atoms with Crippen LogP contribution in [0.25, 0.3) is 0 Å². The zero-order chi connectivity index (χ0) is 19.5. The van der Waals surface area contributed by atoms with E-state index in [1.54, 1.807) is 4.90 Å². The SMILES string of the molecule is COC(=O)C(c1ccccc1)N1C(=O)[C@H](c2ccccc2)[C@H]1c1ccccc1. The Balaban J connectivity index is 1.80. The van der Waals surface area contributed by atoms with E-state index in [1.807, 2.05) is 91.0 Å². The van der Waals surface area contributed by atoms with Crippen molar-refractivity contribution in [2.45, 2.75) is 18.0 Å². The Labute approximate surface area is 164 Å². The van der Waals surface area contributed by atoms with E-state index >= 15 is 0 Å². The van der Waals surface area contributed by atoms with Gasteiger partial charge in [0.2, 0.25) is 5.91 Å². The van der Waals surface area contributed by atoms with E-state index in [4.69, 9.17) is 4.74 Å². The van der Waals surface area contributed by atoms with Crippen LogP contribution < -0.4 is 0 Å². The van der Waals surface area contributed by atoms with Gasteiger partial charge in [-0.05, 0) is 16.7 Å². The first-order valence-corrected chi connectivity index (χ1v) is 9.27. The highest BCUT2D eigenvalue weighted by Crippen LogP contribution is 2.50. The molecule has 1 aliphatic rings. The van der Waals surface area contributed by atoms with Crippen molar-refractivity contribution in [3.8, 4) is 0 Å². The van der Waals surface area contributed by atoms with Crippen LogP contribution in [0.1, 0.15) is 34.7 Å². The molecule has 0 N–H and O–H groups in total. The summed E-state index contributed by atoms with van der Waals surface area (Å²) in [6.45, 7) is 0. The zero-order valence-electron chi connectivity index (χ0n) is 15.6. The van der Waals surface area contributed by atoms with Crippen molar-refractivity contribution in [1.29, 1.82) is 0 Å². The van der Waals surface area contributed by atoms with Gasteiger partial charge in [-0.25, -0.2) is 4.79 Å². The number of rotatable bonds is 5. The number of methoxy groups -OCH3 is 1. The van der Waals surface area contributed by atoms with E-state index in [0.717, 1.165) is 16.7 Å². The molecule has 0 saturated carbocycles. The van der Waals surface area contributed by atoms with Crippen LogP contribution in [-0.2, 0) is 14.3 Å². The Morgan fingerprint density at radius 2 is 1.32 bits per heavy atom. The molecule has 3 aromatic rings. The molecule has 0 bridgehead atoms. The number of amides is 1. The molecule has 1 fully saturated rings. The largest absolute Gasteiger partial charge is 0.467 e. The lowest BCUT2D eigenvalue weighted by molar-refractivity contribution is -0.167. The Bertz CT molecular complexity index is 957. The van der Waals surface area contributed by atoms with E-state index < -0.39 is 12.0 Å². The summed E-state index contributed by atoms with van der Waals surface area (Å²) < 4.78 is 5.06. The summed E-state index contributed by atoms with van der Waals surface area (Å²) in [5.74, 6) is -0.828. The number of likely N-dealkylation sites (tertiary alicyclic amines) is 1. The average molecular weight is 371 g/mol. The van der Waals surface area contributed by atoms with Crippen LogP contribution in [0.5, 0.6) is 0 Å². The highest BCUT2D eigenvalue weighted by molar-refractivity contribution is 5.95. The predicted octanol–water partition coefficient (Wildman–Crippen LogP) is 4.27. The summed E-state index contributed by atoms with van der Waals surface area (Å²) in [6.07, 6.45) is 0. The number of nitrogens with zero attached hydrogens (tertiary/aromatic N) is 1. The summed E-state index contributed by atoms with van der Waals surface area (Å²) in [7, 11) is 1.36. The second-order valence-electron chi connectivity index (χ2n) is 6.83. The lowest BCUT2D eigenvalue weighted by Crippen LogP contribution is -2.56. The number of esters is 1. The fourth-order valence-corrected chi connectivity index (χ4v) is 3.94. The molecule has 3 aromatic carbocycles. The maximum absolute atomic E-state index is 13.3. The molecule has 1 aliphatic heterocycles. The van der Waals surface area contributed by atoms with Crippen molar-refractivity contribution >= 4 is 11.9 Å². The molecule has 0 radical (unpaired) electrons. The van der Waals surface area contributed by atoms with E-state index in [1.165, 1.54) is 7.11 Å². The van der Waals surface area contributed by atoms with Crippen LogP contribution in [0.2, 0.25) is 0 Å². The van der Waals surface area contributed by atoms with Crippen molar-refractivity contribution in [1.82, 2.24) is 4.90 Å². The second-order valence-corrected chi connectivity index (χ2v) is 6.83. The van der Waals surface area contributed by atoms with Crippen molar-refractivity contribution in [3.63, 3.8) is 0 Å². The molecule has 4 heteroatoms. The van der Waals surface area contributed by atoms with Gasteiger partial charge in [-0.15, -0.1) is 0 Å². The van der Waals surface area contributed by atoms with Gasteiger partial charge in [-0.1, -0.05) is 91.0 Å². The lowest BCUT2D eigenvalue weighted by atomic mass is 9.76. The summed E-state index contributed by atoms with van der Waals surface area (Å²) in [5.41, 5.74) is 2.70. The van der Waals surface area contributed by atoms with Gasteiger partial charge in [-0.2, -0.15) is 0 Å². The Morgan fingerprint density at radius 1 is 0.821 bits per heavy atom. The summed E-state index contributed by atoms with van der Waals surface area (Å²) in [6, 6.07) is 27.9. The van der Waals surface area contributed by atoms with Gasteiger partial charge >= 0.3 is 5.97 Å². The van der Waals surface area contributed by atoms with E-state index in [0.29, 0.717) is 0 Å². The molecule has 1 amide bonds. The van der Waals surface area contributed by atoms with Gasteiger partial charge in [0, 0.05) is 0 Å². The molecule has 4 nitrogen and oxygen atoms in total. The van der Waals surface area contributed by atoms with Gasteiger partial charge < -0.3 is 9.64 Å². The third-order valence-corrected chi connectivity index (χ3v) is 5.25. The smallest absolute Gasteiger partial charge is 0.333 e. The Morgan fingerprint density at radius 3 is 1.86 bits per heavy atom. The summed E-state index contributed by atoms with van der Waals surface area (Å²) in [4.78, 5) is 27.7. The number of ether oxygens (including phenoxy) is 1. The van der Waals surface area contributed by atoms with Gasteiger partial charge in [0.15, 0.2) is 6.04 Å². The number of hydrogen-bond donors (Lipinski definition) is 0. The third-order valence-electron chi connectivity index (χ3n) is 5.25. The Hall–Kier alpha value is -3.40. The summed E-state index contributed by atoms with van der Waals surface area (Å²) >= 11 is 0. The molecular formula is C24H21NO3. The molecule has 140 valence electrons.